The minimum Gasteiger partial charge on any atom is -0.445 e. The SMILES string of the molecule is c1nc(C2CCCC3CCCCC32)oc1C1CCCCC1. The van der Waals surface area contributed by atoms with Gasteiger partial charge in [-0.3, -0.25) is 0 Å². The number of hydrogen-bond donors (Lipinski definition) is 0. The van der Waals surface area contributed by atoms with Gasteiger partial charge in [-0.2, -0.15) is 0 Å². The second-order valence-electron chi connectivity index (χ2n) is 7.68. The average molecular weight is 287 g/mol. The van der Waals surface area contributed by atoms with Gasteiger partial charge in [0.2, 0.25) is 0 Å². The van der Waals surface area contributed by atoms with E-state index in [-0.39, 0.29) is 0 Å². The number of fused-ring (bicyclic) bond motifs is 1. The highest BCUT2D eigenvalue weighted by Crippen LogP contribution is 2.48. The summed E-state index contributed by atoms with van der Waals surface area (Å²) in [6.45, 7) is 0. The van der Waals surface area contributed by atoms with E-state index >= 15 is 0 Å². The Morgan fingerprint density at radius 2 is 1.57 bits per heavy atom. The molecular formula is C19H29NO. The Morgan fingerprint density at radius 3 is 2.48 bits per heavy atom. The van der Waals surface area contributed by atoms with Crippen molar-refractivity contribution in [3.05, 3.63) is 17.8 Å². The van der Waals surface area contributed by atoms with Crippen LogP contribution in [0.5, 0.6) is 0 Å². The van der Waals surface area contributed by atoms with Gasteiger partial charge < -0.3 is 4.42 Å². The molecule has 2 nitrogen and oxygen atoms in total. The molecule has 3 atom stereocenters. The second-order valence-corrected chi connectivity index (χ2v) is 7.68. The number of hydrogen-bond acceptors (Lipinski definition) is 2. The Balaban J connectivity index is 1.51. The van der Waals surface area contributed by atoms with Crippen molar-refractivity contribution >= 4 is 0 Å². The molecule has 3 fully saturated rings. The van der Waals surface area contributed by atoms with Crippen LogP contribution < -0.4 is 0 Å². The van der Waals surface area contributed by atoms with E-state index in [0.717, 1.165) is 17.7 Å². The van der Waals surface area contributed by atoms with Crippen LogP contribution in [0.25, 0.3) is 0 Å². The zero-order chi connectivity index (χ0) is 14.1. The average Bonchev–Trinajstić information content (AvgIpc) is 3.05. The molecule has 21 heavy (non-hydrogen) atoms. The molecule has 0 saturated heterocycles. The topological polar surface area (TPSA) is 26.0 Å². The van der Waals surface area contributed by atoms with E-state index in [9.17, 15) is 0 Å². The van der Waals surface area contributed by atoms with Crippen molar-refractivity contribution in [1.29, 1.82) is 0 Å². The molecule has 4 rings (SSSR count). The first-order valence-electron chi connectivity index (χ1n) is 9.37. The lowest BCUT2D eigenvalue weighted by Gasteiger charge is -2.40. The fraction of sp³-hybridized carbons (Fsp3) is 0.842. The van der Waals surface area contributed by atoms with Gasteiger partial charge in [-0.05, 0) is 37.5 Å². The van der Waals surface area contributed by atoms with Crippen LogP contribution in [0.3, 0.4) is 0 Å². The Morgan fingerprint density at radius 1 is 0.810 bits per heavy atom. The summed E-state index contributed by atoms with van der Waals surface area (Å²) >= 11 is 0. The largest absolute Gasteiger partial charge is 0.445 e. The Hall–Kier alpha value is -0.790. The van der Waals surface area contributed by atoms with Gasteiger partial charge in [-0.25, -0.2) is 4.98 Å². The van der Waals surface area contributed by atoms with Crippen molar-refractivity contribution in [2.24, 2.45) is 11.8 Å². The van der Waals surface area contributed by atoms with Crippen molar-refractivity contribution < 1.29 is 4.42 Å². The highest BCUT2D eigenvalue weighted by molar-refractivity contribution is 5.08. The molecule has 3 saturated carbocycles. The van der Waals surface area contributed by atoms with Crippen molar-refractivity contribution in [3.8, 4) is 0 Å². The van der Waals surface area contributed by atoms with Gasteiger partial charge in [0.1, 0.15) is 5.76 Å². The summed E-state index contributed by atoms with van der Waals surface area (Å²) in [6.07, 6.45) is 18.7. The molecule has 0 aromatic carbocycles. The Kier molecular flexibility index (Phi) is 4.05. The summed E-state index contributed by atoms with van der Waals surface area (Å²) in [7, 11) is 0. The molecule has 0 bridgehead atoms. The molecule has 2 heteroatoms. The molecule has 3 aliphatic carbocycles. The van der Waals surface area contributed by atoms with Crippen molar-refractivity contribution in [2.45, 2.75) is 88.9 Å². The molecule has 116 valence electrons. The normalized spacial score (nSPS) is 34.6. The van der Waals surface area contributed by atoms with Crippen LogP contribution in [0.4, 0.5) is 0 Å². The van der Waals surface area contributed by atoms with Gasteiger partial charge >= 0.3 is 0 Å². The summed E-state index contributed by atoms with van der Waals surface area (Å²) in [5.41, 5.74) is 0. The number of aromatic nitrogens is 1. The van der Waals surface area contributed by atoms with Gasteiger partial charge in [0.05, 0.1) is 6.20 Å². The summed E-state index contributed by atoms with van der Waals surface area (Å²) in [4.78, 5) is 4.74. The number of nitrogens with zero attached hydrogens (tertiary/aromatic N) is 1. The molecule has 0 radical (unpaired) electrons. The maximum Gasteiger partial charge on any atom is 0.197 e. The predicted molar refractivity (Wildman–Crippen MR) is 84.4 cm³/mol. The summed E-state index contributed by atoms with van der Waals surface area (Å²) in [5, 5.41) is 0. The highest BCUT2D eigenvalue weighted by atomic mass is 16.4. The molecule has 0 aliphatic heterocycles. The minimum absolute atomic E-state index is 0.626. The van der Waals surface area contributed by atoms with Crippen molar-refractivity contribution in [3.63, 3.8) is 0 Å². The fourth-order valence-corrected chi connectivity index (χ4v) is 5.29. The molecule has 1 aromatic heterocycles. The van der Waals surface area contributed by atoms with Gasteiger partial charge in [-0.1, -0.05) is 51.4 Å². The quantitative estimate of drug-likeness (QED) is 0.687. The molecule has 3 aliphatic rings. The number of rotatable bonds is 2. The van der Waals surface area contributed by atoms with Crippen LogP contribution in [0, 0.1) is 11.8 Å². The van der Waals surface area contributed by atoms with E-state index < -0.39 is 0 Å². The van der Waals surface area contributed by atoms with E-state index in [1.54, 1.807) is 0 Å². The zero-order valence-corrected chi connectivity index (χ0v) is 13.2. The van der Waals surface area contributed by atoms with Crippen LogP contribution in [-0.4, -0.2) is 4.98 Å². The highest BCUT2D eigenvalue weighted by Gasteiger charge is 2.38. The first kappa shape index (κ1) is 13.8. The van der Waals surface area contributed by atoms with Crippen LogP contribution in [0.1, 0.15) is 101 Å². The lowest BCUT2D eigenvalue weighted by atomic mass is 9.65. The fourth-order valence-electron chi connectivity index (χ4n) is 5.29. The molecule has 1 aromatic rings. The van der Waals surface area contributed by atoms with Crippen molar-refractivity contribution in [1.82, 2.24) is 4.98 Å². The zero-order valence-electron chi connectivity index (χ0n) is 13.2. The predicted octanol–water partition coefficient (Wildman–Crippen LogP) is 5.80. The molecular weight excluding hydrogens is 258 g/mol. The minimum atomic E-state index is 0.626. The molecule has 3 unspecified atom stereocenters. The first-order valence-corrected chi connectivity index (χ1v) is 9.37. The van der Waals surface area contributed by atoms with Crippen LogP contribution >= 0.6 is 0 Å². The third-order valence-electron chi connectivity index (χ3n) is 6.44. The van der Waals surface area contributed by atoms with Crippen LogP contribution in [0.2, 0.25) is 0 Å². The first-order chi connectivity index (χ1) is 10.4. The summed E-state index contributed by atoms with van der Waals surface area (Å²) in [6, 6.07) is 0. The monoisotopic (exact) mass is 287 g/mol. The third kappa shape index (κ3) is 2.78. The maximum absolute atomic E-state index is 6.30. The van der Waals surface area contributed by atoms with Crippen LogP contribution in [0.15, 0.2) is 10.6 Å². The summed E-state index contributed by atoms with van der Waals surface area (Å²) in [5.74, 6) is 5.40. The van der Waals surface area contributed by atoms with Crippen LogP contribution in [-0.2, 0) is 0 Å². The van der Waals surface area contributed by atoms with Gasteiger partial charge in [0, 0.05) is 11.8 Å². The Bertz CT molecular complexity index is 458. The van der Waals surface area contributed by atoms with Gasteiger partial charge in [-0.15, -0.1) is 0 Å². The third-order valence-corrected chi connectivity index (χ3v) is 6.44. The standard InChI is InChI=1S/C19H29NO/c1-2-8-15(9-3-1)18-13-20-19(21-18)17-12-6-10-14-7-4-5-11-16(14)17/h13-17H,1-12H2. The molecule has 1 heterocycles. The second kappa shape index (κ2) is 6.14. The Labute approximate surface area is 128 Å². The smallest absolute Gasteiger partial charge is 0.197 e. The number of oxazole rings is 1. The van der Waals surface area contributed by atoms with E-state index in [4.69, 9.17) is 9.40 Å². The van der Waals surface area contributed by atoms with E-state index in [1.165, 1.54) is 82.8 Å². The molecule has 0 spiro atoms. The van der Waals surface area contributed by atoms with E-state index in [2.05, 4.69) is 6.20 Å². The van der Waals surface area contributed by atoms with E-state index in [0.29, 0.717) is 11.8 Å². The van der Waals surface area contributed by atoms with Gasteiger partial charge in [0.25, 0.3) is 0 Å². The lowest BCUT2D eigenvalue weighted by molar-refractivity contribution is 0.128. The molecule has 0 amide bonds. The van der Waals surface area contributed by atoms with Crippen molar-refractivity contribution in [2.75, 3.05) is 0 Å². The molecule has 0 N–H and O–H groups in total. The maximum atomic E-state index is 6.30. The summed E-state index contributed by atoms with van der Waals surface area (Å²) < 4.78 is 6.30. The van der Waals surface area contributed by atoms with E-state index in [1.807, 2.05) is 0 Å². The lowest BCUT2D eigenvalue weighted by Crippen LogP contribution is -2.29. The van der Waals surface area contributed by atoms with Gasteiger partial charge in [0.15, 0.2) is 5.89 Å².